The third-order valence-corrected chi connectivity index (χ3v) is 14.0. The van der Waals surface area contributed by atoms with Crippen molar-refractivity contribution in [1.82, 2.24) is 0 Å². The Labute approximate surface area is 503 Å². The molecule has 12 nitrogen and oxygen atoms in total. The third kappa shape index (κ3) is 47.1. The average molecular weight is 1160 g/mol. The molecular formula is C71H114O12. The Morgan fingerprint density at radius 1 is 0.410 bits per heavy atom. The highest BCUT2D eigenvalue weighted by molar-refractivity contribution is 5.74. The molecule has 0 aliphatic carbocycles. The van der Waals surface area contributed by atoms with Crippen LogP contribution in [0.4, 0.5) is 0 Å². The Morgan fingerprint density at radius 3 is 1.20 bits per heavy atom. The molecule has 12 heteroatoms. The highest BCUT2D eigenvalue weighted by Gasteiger charge is 2.50. The van der Waals surface area contributed by atoms with E-state index >= 15 is 0 Å². The van der Waals surface area contributed by atoms with Crippen molar-refractivity contribution in [3.05, 3.63) is 122 Å². The minimum absolute atomic E-state index is 0.0313. The summed E-state index contributed by atoms with van der Waals surface area (Å²) in [6.45, 7) is 5.76. The molecule has 6 unspecified atom stereocenters. The van der Waals surface area contributed by atoms with Crippen molar-refractivity contribution in [2.24, 2.45) is 0 Å². The van der Waals surface area contributed by atoms with Gasteiger partial charge in [0.2, 0.25) is 0 Å². The van der Waals surface area contributed by atoms with Crippen molar-refractivity contribution in [3.63, 3.8) is 0 Å². The number of aliphatic carboxylic acids is 1. The van der Waals surface area contributed by atoms with Crippen LogP contribution in [0.5, 0.6) is 0 Å². The SMILES string of the molecule is CC/C=C\C/C=C\C/C=C\C/C=C\C/C=C\C/C=C\CCC(=O)OCC(COC1OC(C(=O)O)C(O)C(O)C1OC(=O)CCCCCCC/C=C\C/C=C\CCCCC)OC(=O)CCCCCCCCCCC/C=C\C/C=C\CCCCC. The van der Waals surface area contributed by atoms with Gasteiger partial charge in [0.05, 0.1) is 6.61 Å². The Morgan fingerprint density at radius 2 is 0.783 bits per heavy atom. The van der Waals surface area contributed by atoms with E-state index < -0.39 is 67.3 Å². The fraction of sp³-hybridized carbons (Fsp3) is 0.662. The van der Waals surface area contributed by atoms with Gasteiger partial charge < -0.3 is 39.0 Å². The van der Waals surface area contributed by atoms with Crippen LogP contribution in [-0.2, 0) is 42.9 Å². The minimum atomic E-state index is -1.92. The zero-order valence-corrected chi connectivity index (χ0v) is 51.9. The zero-order chi connectivity index (χ0) is 60.3. The summed E-state index contributed by atoms with van der Waals surface area (Å²) < 4.78 is 28.4. The van der Waals surface area contributed by atoms with Crippen LogP contribution in [0.3, 0.4) is 0 Å². The lowest BCUT2D eigenvalue weighted by atomic mass is 9.98. The predicted molar refractivity (Wildman–Crippen MR) is 340 cm³/mol. The van der Waals surface area contributed by atoms with Crippen LogP contribution in [0.15, 0.2) is 122 Å². The molecule has 1 aliphatic heterocycles. The number of ether oxygens (including phenoxy) is 5. The maximum Gasteiger partial charge on any atom is 0.335 e. The van der Waals surface area contributed by atoms with Gasteiger partial charge in [0, 0.05) is 19.3 Å². The number of carbonyl (C=O) groups is 4. The fourth-order valence-corrected chi connectivity index (χ4v) is 9.04. The molecule has 1 rings (SSSR count). The van der Waals surface area contributed by atoms with E-state index in [4.69, 9.17) is 23.7 Å². The van der Waals surface area contributed by atoms with Crippen molar-refractivity contribution in [2.75, 3.05) is 13.2 Å². The zero-order valence-electron chi connectivity index (χ0n) is 51.9. The van der Waals surface area contributed by atoms with Gasteiger partial charge in [0.25, 0.3) is 0 Å². The predicted octanol–water partition coefficient (Wildman–Crippen LogP) is 17.6. The van der Waals surface area contributed by atoms with Crippen molar-refractivity contribution in [1.29, 1.82) is 0 Å². The van der Waals surface area contributed by atoms with Crippen LogP contribution in [-0.4, -0.2) is 89.2 Å². The number of hydrogen-bond acceptors (Lipinski definition) is 11. The summed E-state index contributed by atoms with van der Waals surface area (Å²) in [7, 11) is 0. The first-order valence-electron chi connectivity index (χ1n) is 32.5. The van der Waals surface area contributed by atoms with Crippen molar-refractivity contribution < 1.29 is 58.2 Å². The van der Waals surface area contributed by atoms with Crippen LogP contribution in [0.25, 0.3) is 0 Å². The van der Waals surface area contributed by atoms with Gasteiger partial charge in [0.1, 0.15) is 18.8 Å². The molecule has 3 N–H and O–H groups in total. The number of carboxylic acids is 1. The second-order valence-corrected chi connectivity index (χ2v) is 21.7. The summed E-state index contributed by atoms with van der Waals surface area (Å²) in [6, 6.07) is 0. The standard InChI is InChI=1S/C71H114O12/c1-4-7-10-13-16-19-22-25-28-30-32-34-37-39-42-45-48-51-54-57-63(72)79-60-62(81-64(73)58-55-52-49-46-43-41-38-35-33-31-29-26-23-20-17-14-11-8-5-2)61-80-71-69(67(76)66(75)68(83-71)70(77)78)82-65(74)59-56-53-50-47-44-40-36-27-24-21-18-15-12-9-6-3/h7,10,16-21,25-29,32,34,36,39,42,48,51,62,66-69,71,75-76H,4-6,8-9,11-15,22-24,30-31,33,35,37-38,40-41,43-47,49-50,52-61H2,1-3H3,(H,77,78)/b10-7-,19-16-,20-17-,21-18-,28-25-,29-26-,34-32-,36-27-,42-39-,51-48-. The summed E-state index contributed by atoms with van der Waals surface area (Å²) in [6.07, 6.45) is 67.3. The number of carbonyl (C=O) groups excluding carboxylic acids is 3. The van der Waals surface area contributed by atoms with Crippen LogP contribution in [0, 0.1) is 0 Å². The van der Waals surface area contributed by atoms with Gasteiger partial charge in [-0.15, -0.1) is 0 Å². The number of aliphatic hydroxyl groups excluding tert-OH is 2. The Kier molecular flexibility index (Phi) is 52.8. The molecule has 470 valence electrons. The molecule has 1 saturated heterocycles. The van der Waals surface area contributed by atoms with Gasteiger partial charge in [-0.25, -0.2) is 4.79 Å². The maximum atomic E-state index is 13.2. The van der Waals surface area contributed by atoms with Gasteiger partial charge in [-0.2, -0.15) is 0 Å². The first-order chi connectivity index (χ1) is 40.6. The Balaban J connectivity index is 2.73. The monoisotopic (exact) mass is 1160 g/mol. The molecule has 0 aromatic heterocycles. The smallest absolute Gasteiger partial charge is 0.335 e. The number of hydrogen-bond donors (Lipinski definition) is 3. The van der Waals surface area contributed by atoms with Crippen LogP contribution < -0.4 is 0 Å². The van der Waals surface area contributed by atoms with Crippen molar-refractivity contribution >= 4 is 23.9 Å². The summed E-state index contributed by atoms with van der Waals surface area (Å²) in [5.74, 6) is -3.26. The van der Waals surface area contributed by atoms with E-state index in [-0.39, 0.29) is 25.9 Å². The lowest BCUT2D eigenvalue weighted by Gasteiger charge is -2.40. The van der Waals surface area contributed by atoms with Gasteiger partial charge in [-0.1, -0.05) is 232 Å². The molecule has 0 amide bonds. The van der Waals surface area contributed by atoms with E-state index in [1.807, 2.05) is 12.2 Å². The van der Waals surface area contributed by atoms with E-state index in [0.717, 1.165) is 122 Å². The molecule has 0 spiro atoms. The summed E-state index contributed by atoms with van der Waals surface area (Å²) >= 11 is 0. The molecule has 0 bridgehead atoms. The summed E-state index contributed by atoms with van der Waals surface area (Å²) in [4.78, 5) is 51.3. The molecule has 83 heavy (non-hydrogen) atoms. The highest BCUT2D eigenvalue weighted by atomic mass is 16.7. The van der Waals surface area contributed by atoms with E-state index in [2.05, 4.69) is 130 Å². The van der Waals surface area contributed by atoms with Crippen LogP contribution in [0.1, 0.15) is 252 Å². The second kappa shape index (κ2) is 57.5. The van der Waals surface area contributed by atoms with Gasteiger partial charge in [0.15, 0.2) is 24.6 Å². The quantitative estimate of drug-likeness (QED) is 0.0228. The number of rotatable bonds is 54. The lowest BCUT2D eigenvalue weighted by Crippen LogP contribution is -2.61. The Hall–Kier alpha value is -4.88. The average Bonchev–Trinajstić information content (AvgIpc) is 3.58. The molecule has 1 aliphatic rings. The van der Waals surface area contributed by atoms with Gasteiger partial charge in [-0.3, -0.25) is 14.4 Å². The number of carboxylic acid groups (broad SMARTS) is 1. The maximum absolute atomic E-state index is 13.2. The molecule has 0 aromatic rings. The third-order valence-electron chi connectivity index (χ3n) is 14.0. The molecule has 0 aromatic carbocycles. The van der Waals surface area contributed by atoms with Crippen molar-refractivity contribution in [3.8, 4) is 0 Å². The van der Waals surface area contributed by atoms with Crippen LogP contribution in [0.2, 0.25) is 0 Å². The van der Waals surface area contributed by atoms with E-state index in [1.54, 1.807) is 0 Å². The molecule has 0 radical (unpaired) electrons. The highest BCUT2D eigenvalue weighted by Crippen LogP contribution is 2.26. The minimum Gasteiger partial charge on any atom is -0.479 e. The fourth-order valence-electron chi connectivity index (χ4n) is 9.04. The normalized spacial score (nSPS) is 18.4. The first kappa shape index (κ1) is 76.1. The van der Waals surface area contributed by atoms with Crippen LogP contribution >= 0.6 is 0 Å². The van der Waals surface area contributed by atoms with E-state index in [0.29, 0.717) is 19.3 Å². The topological polar surface area (TPSA) is 175 Å². The second-order valence-electron chi connectivity index (χ2n) is 21.7. The molecule has 1 heterocycles. The van der Waals surface area contributed by atoms with E-state index in [1.165, 1.54) is 70.6 Å². The number of aliphatic hydroxyl groups is 2. The van der Waals surface area contributed by atoms with Gasteiger partial charge >= 0.3 is 23.9 Å². The molecule has 6 atom stereocenters. The Bertz CT molecular complexity index is 1900. The molecule has 1 fully saturated rings. The van der Waals surface area contributed by atoms with E-state index in [9.17, 15) is 34.5 Å². The first-order valence-corrected chi connectivity index (χ1v) is 32.5. The number of allylic oxidation sites excluding steroid dienone is 20. The van der Waals surface area contributed by atoms with Crippen molar-refractivity contribution in [2.45, 2.75) is 289 Å². The molecular weight excluding hydrogens is 1040 g/mol. The number of esters is 3. The summed E-state index contributed by atoms with van der Waals surface area (Å²) in [5.41, 5.74) is 0. The molecule has 0 saturated carbocycles. The lowest BCUT2D eigenvalue weighted by molar-refractivity contribution is -0.301. The number of unbranched alkanes of at least 4 members (excludes halogenated alkanes) is 20. The summed E-state index contributed by atoms with van der Waals surface area (Å²) in [5, 5.41) is 31.6. The van der Waals surface area contributed by atoms with Gasteiger partial charge in [-0.05, 0) is 122 Å². The largest absolute Gasteiger partial charge is 0.479 e.